The lowest BCUT2D eigenvalue weighted by Crippen LogP contribution is -2.53. The smallest absolute Gasteiger partial charge is 0.279 e. The first-order valence-corrected chi connectivity index (χ1v) is 6.00. The van der Waals surface area contributed by atoms with Crippen LogP contribution in [0.5, 0.6) is 0 Å². The summed E-state index contributed by atoms with van der Waals surface area (Å²) in [5, 5.41) is 6.64. The van der Waals surface area contributed by atoms with Crippen LogP contribution in [-0.4, -0.2) is 61.9 Å². The maximum atomic E-state index is 11.7. The highest BCUT2D eigenvalue weighted by atomic mass is 32.2. The number of hydrazine groups is 1. The normalized spacial score (nSPS) is 23.6. The highest BCUT2D eigenvalue weighted by Gasteiger charge is 2.33. The molecule has 15 heavy (non-hydrogen) atoms. The summed E-state index contributed by atoms with van der Waals surface area (Å²) in [7, 11) is -2.36. The molecule has 0 aromatic heterocycles. The monoisotopic (exact) mass is 231 g/mol. The average Bonchev–Trinajstić information content (AvgIpc) is 2.61. The molecule has 2 heterocycles. The van der Waals surface area contributed by atoms with Gasteiger partial charge in [-0.3, -0.25) is 9.80 Å². The van der Waals surface area contributed by atoms with E-state index >= 15 is 0 Å². The SMILES string of the molecule is O=C1C(=S(=O)=O)CCN1N1CCNCC1. The molecule has 0 atom stereocenters. The molecule has 84 valence electrons. The zero-order valence-electron chi connectivity index (χ0n) is 8.27. The van der Waals surface area contributed by atoms with Gasteiger partial charge in [0.05, 0.1) is 0 Å². The minimum absolute atomic E-state index is 0.00790. The van der Waals surface area contributed by atoms with E-state index in [-0.39, 0.29) is 10.8 Å². The molecule has 0 aromatic rings. The van der Waals surface area contributed by atoms with Crippen LogP contribution in [0.25, 0.3) is 0 Å². The Morgan fingerprint density at radius 3 is 2.33 bits per heavy atom. The van der Waals surface area contributed by atoms with Crippen molar-refractivity contribution in [3.05, 3.63) is 0 Å². The van der Waals surface area contributed by atoms with Gasteiger partial charge in [-0.15, -0.1) is 0 Å². The fourth-order valence-electron chi connectivity index (χ4n) is 1.88. The molecule has 0 spiro atoms. The van der Waals surface area contributed by atoms with Crippen molar-refractivity contribution in [1.82, 2.24) is 15.3 Å². The third-order valence-electron chi connectivity index (χ3n) is 2.66. The van der Waals surface area contributed by atoms with Crippen LogP contribution in [0.1, 0.15) is 6.42 Å². The molecular weight excluding hydrogens is 218 g/mol. The molecule has 0 unspecified atom stereocenters. The lowest BCUT2D eigenvalue weighted by atomic mass is 10.4. The van der Waals surface area contributed by atoms with Gasteiger partial charge in [0, 0.05) is 39.1 Å². The van der Waals surface area contributed by atoms with E-state index in [9.17, 15) is 13.2 Å². The molecule has 2 rings (SSSR count). The summed E-state index contributed by atoms with van der Waals surface area (Å²) >= 11 is 0. The van der Waals surface area contributed by atoms with Crippen LogP contribution in [0.2, 0.25) is 0 Å². The van der Waals surface area contributed by atoms with Crippen LogP contribution in [0.4, 0.5) is 0 Å². The number of carbonyl (C=O) groups is 1. The van der Waals surface area contributed by atoms with Crippen molar-refractivity contribution < 1.29 is 13.2 Å². The Kier molecular flexibility index (Phi) is 3.03. The predicted molar refractivity (Wildman–Crippen MR) is 54.7 cm³/mol. The first-order chi connectivity index (χ1) is 7.20. The van der Waals surface area contributed by atoms with Gasteiger partial charge in [-0.2, -0.15) is 8.42 Å². The first kappa shape index (κ1) is 10.6. The molecule has 2 aliphatic rings. The Bertz CT molecular complexity index is 389. The second-order valence-electron chi connectivity index (χ2n) is 3.54. The van der Waals surface area contributed by atoms with Gasteiger partial charge in [-0.1, -0.05) is 0 Å². The van der Waals surface area contributed by atoms with Gasteiger partial charge in [-0.05, 0) is 0 Å². The fourth-order valence-corrected chi connectivity index (χ4v) is 2.38. The Morgan fingerprint density at radius 2 is 1.80 bits per heavy atom. The van der Waals surface area contributed by atoms with Gasteiger partial charge in [0.1, 0.15) is 4.86 Å². The van der Waals surface area contributed by atoms with Gasteiger partial charge in [0.25, 0.3) is 5.91 Å². The van der Waals surface area contributed by atoms with Crippen molar-refractivity contribution >= 4 is 21.1 Å². The standard InChI is InChI=1S/C8H13N3O3S/c12-8-7(15(13)14)1-4-11(8)10-5-2-9-3-6-10/h9H,1-6H2. The summed E-state index contributed by atoms with van der Waals surface area (Å²) < 4.78 is 21.4. The lowest BCUT2D eigenvalue weighted by Gasteiger charge is -2.34. The Morgan fingerprint density at radius 1 is 1.13 bits per heavy atom. The van der Waals surface area contributed by atoms with Crippen LogP contribution < -0.4 is 5.32 Å². The second kappa shape index (κ2) is 4.30. The van der Waals surface area contributed by atoms with E-state index in [1.165, 1.54) is 0 Å². The van der Waals surface area contributed by atoms with Gasteiger partial charge in [0.15, 0.2) is 0 Å². The van der Waals surface area contributed by atoms with E-state index in [2.05, 4.69) is 5.32 Å². The first-order valence-electron chi connectivity index (χ1n) is 4.92. The third kappa shape index (κ3) is 2.04. The molecule has 0 radical (unpaired) electrons. The van der Waals surface area contributed by atoms with E-state index in [0.29, 0.717) is 13.0 Å². The maximum absolute atomic E-state index is 11.7. The van der Waals surface area contributed by atoms with Crippen molar-refractivity contribution in [2.24, 2.45) is 0 Å². The minimum Gasteiger partial charge on any atom is -0.314 e. The van der Waals surface area contributed by atoms with Crippen molar-refractivity contribution in [2.75, 3.05) is 32.7 Å². The topological polar surface area (TPSA) is 69.7 Å². The number of amides is 1. The molecule has 0 aliphatic carbocycles. The predicted octanol–water partition coefficient (Wildman–Crippen LogP) is -1.91. The fraction of sp³-hybridized carbons (Fsp3) is 0.750. The quantitative estimate of drug-likeness (QED) is 0.533. The number of rotatable bonds is 1. The van der Waals surface area contributed by atoms with Crippen molar-refractivity contribution in [2.45, 2.75) is 6.42 Å². The molecule has 6 nitrogen and oxygen atoms in total. The summed E-state index contributed by atoms with van der Waals surface area (Å²) in [6.07, 6.45) is 0.332. The van der Waals surface area contributed by atoms with Gasteiger partial charge in [-0.25, -0.2) is 5.01 Å². The van der Waals surface area contributed by atoms with Crippen LogP contribution in [0.15, 0.2) is 0 Å². The summed E-state index contributed by atoms with van der Waals surface area (Å²) in [4.78, 5) is 11.7. The van der Waals surface area contributed by atoms with E-state index in [1.807, 2.05) is 5.01 Å². The minimum atomic E-state index is -2.36. The largest absolute Gasteiger partial charge is 0.314 e. The van der Waals surface area contributed by atoms with Crippen molar-refractivity contribution in [3.63, 3.8) is 0 Å². The molecule has 2 fully saturated rings. The van der Waals surface area contributed by atoms with Crippen LogP contribution in [0, 0.1) is 0 Å². The molecule has 0 aromatic carbocycles. The lowest BCUT2D eigenvalue weighted by molar-refractivity contribution is -0.139. The molecule has 2 saturated heterocycles. The van der Waals surface area contributed by atoms with Crippen LogP contribution in [0.3, 0.4) is 0 Å². The van der Waals surface area contributed by atoms with Crippen LogP contribution in [-0.2, 0) is 15.1 Å². The van der Waals surface area contributed by atoms with Crippen molar-refractivity contribution in [1.29, 1.82) is 0 Å². The van der Waals surface area contributed by atoms with Crippen LogP contribution >= 0.6 is 0 Å². The van der Waals surface area contributed by atoms with E-state index in [1.54, 1.807) is 5.01 Å². The third-order valence-corrected chi connectivity index (χ3v) is 3.44. The summed E-state index contributed by atoms with van der Waals surface area (Å²) in [5.74, 6) is -0.356. The zero-order chi connectivity index (χ0) is 10.8. The van der Waals surface area contributed by atoms with Gasteiger partial charge >= 0.3 is 0 Å². The highest BCUT2D eigenvalue weighted by molar-refractivity contribution is 7.74. The number of carbonyl (C=O) groups excluding carboxylic acids is 1. The van der Waals surface area contributed by atoms with E-state index in [0.717, 1.165) is 26.2 Å². The zero-order valence-corrected chi connectivity index (χ0v) is 9.09. The Labute approximate surface area is 89.3 Å². The van der Waals surface area contributed by atoms with E-state index in [4.69, 9.17) is 0 Å². The number of piperazine rings is 1. The molecule has 0 bridgehead atoms. The Hall–Kier alpha value is -0.920. The average molecular weight is 231 g/mol. The number of nitrogens with one attached hydrogen (secondary N) is 1. The van der Waals surface area contributed by atoms with Crippen molar-refractivity contribution in [3.8, 4) is 0 Å². The van der Waals surface area contributed by atoms with Gasteiger partial charge < -0.3 is 5.32 Å². The van der Waals surface area contributed by atoms with Gasteiger partial charge in [0.2, 0.25) is 10.3 Å². The molecule has 1 N–H and O–H groups in total. The molecular formula is C8H13N3O3S. The molecule has 2 aliphatic heterocycles. The number of hydrogen-bond donors (Lipinski definition) is 1. The number of nitrogens with zero attached hydrogens (tertiary/aromatic N) is 2. The molecule has 7 heteroatoms. The maximum Gasteiger partial charge on any atom is 0.279 e. The number of hydrogen-bond acceptors (Lipinski definition) is 5. The summed E-state index contributed by atoms with van der Waals surface area (Å²) in [5.41, 5.74) is 0. The second-order valence-corrected chi connectivity index (χ2v) is 4.50. The molecule has 0 saturated carbocycles. The highest BCUT2D eigenvalue weighted by Crippen LogP contribution is 2.11. The summed E-state index contributed by atoms with van der Waals surface area (Å²) in [6, 6.07) is 0. The Balaban J connectivity index is 2.13. The summed E-state index contributed by atoms with van der Waals surface area (Å²) in [6.45, 7) is 3.66. The van der Waals surface area contributed by atoms with E-state index < -0.39 is 10.3 Å². The molecule has 1 amide bonds.